The van der Waals surface area contributed by atoms with E-state index in [4.69, 9.17) is 4.74 Å². The van der Waals surface area contributed by atoms with Crippen molar-refractivity contribution in [2.75, 3.05) is 0 Å². The lowest BCUT2D eigenvalue weighted by atomic mass is 9.85. The normalized spacial score (nSPS) is 11.5. The number of thiazole rings is 1. The van der Waals surface area contributed by atoms with Crippen molar-refractivity contribution in [2.45, 2.75) is 46.6 Å². The summed E-state index contributed by atoms with van der Waals surface area (Å²) in [6.45, 7) is 10.8. The molecule has 1 aromatic heterocycles. The second kappa shape index (κ2) is 7.76. The zero-order valence-corrected chi connectivity index (χ0v) is 17.7. The summed E-state index contributed by atoms with van der Waals surface area (Å²) in [7, 11) is 0. The molecule has 0 amide bonds. The molecule has 2 aromatic carbocycles. The SMILES string of the molecule is Cc1cccc(C(C)(C)C)c1OCc1ccc(-c2nc(C)c(C(=O)O)s2)cc1. The van der Waals surface area contributed by atoms with E-state index in [9.17, 15) is 9.90 Å². The van der Waals surface area contributed by atoms with Crippen LogP contribution in [-0.2, 0) is 12.0 Å². The standard InChI is InChI=1S/C23H25NO3S/c1-14-7-6-8-18(23(3,4)5)19(14)27-13-16-9-11-17(12-10-16)21-24-15(2)20(28-21)22(25)26/h6-12H,13H2,1-5H3,(H,25,26). The van der Waals surface area contributed by atoms with Gasteiger partial charge in [-0.25, -0.2) is 9.78 Å². The molecule has 28 heavy (non-hydrogen) atoms. The molecule has 146 valence electrons. The van der Waals surface area contributed by atoms with E-state index in [-0.39, 0.29) is 10.3 Å². The molecule has 4 nitrogen and oxygen atoms in total. The van der Waals surface area contributed by atoms with Crippen LogP contribution in [0.4, 0.5) is 0 Å². The van der Waals surface area contributed by atoms with Gasteiger partial charge in [-0.3, -0.25) is 0 Å². The van der Waals surface area contributed by atoms with Crippen LogP contribution in [0.25, 0.3) is 10.6 Å². The highest BCUT2D eigenvalue weighted by molar-refractivity contribution is 7.17. The number of carboxylic acids is 1. The molecule has 3 aromatic rings. The highest BCUT2D eigenvalue weighted by Gasteiger charge is 2.20. The minimum atomic E-state index is -0.931. The summed E-state index contributed by atoms with van der Waals surface area (Å²) in [6, 6.07) is 14.2. The second-order valence-electron chi connectivity index (χ2n) is 7.93. The van der Waals surface area contributed by atoms with E-state index in [1.807, 2.05) is 24.3 Å². The lowest BCUT2D eigenvalue weighted by molar-refractivity contribution is 0.0701. The van der Waals surface area contributed by atoms with Crippen molar-refractivity contribution in [1.29, 1.82) is 0 Å². The van der Waals surface area contributed by atoms with Crippen LogP contribution in [0, 0.1) is 13.8 Å². The number of hydrogen-bond donors (Lipinski definition) is 1. The average molecular weight is 396 g/mol. The van der Waals surface area contributed by atoms with Crippen LogP contribution in [0.1, 0.15) is 52.8 Å². The molecular formula is C23H25NO3S. The number of hydrogen-bond acceptors (Lipinski definition) is 4. The highest BCUT2D eigenvalue weighted by Crippen LogP contribution is 2.34. The molecule has 0 atom stereocenters. The van der Waals surface area contributed by atoms with Crippen molar-refractivity contribution < 1.29 is 14.6 Å². The first kappa shape index (κ1) is 20.1. The molecule has 5 heteroatoms. The summed E-state index contributed by atoms with van der Waals surface area (Å²) >= 11 is 1.20. The predicted octanol–water partition coefficient (Wildman–Crippen LogP) is 6.00. The Hall–Kier alpha value is -2.66. The minimum Gasteiger partial charge on any atom is -0.488 e. The maximum absolute atomic E-state index is 11.2. The number of rotatable bonds is 5. The van der Waals surface area contributed by atoms with Crippen molar-refractivity contribution in [3.05, 3.63) is 69.7 Å². The molecule has 0 radical (unpaired) electrons. The van der Waals surface area contributed by atoms with Gasteiger partial charge in [-0.2, -0.15) is 0 Å². The molecule has 0 bridgehead atoms. The van der Waals surface area contributed by atoms with Crippen LogP contribution in [0.2, 0.25) is 0 Å². The molecule has 0 saturated heterocycles. The smallest absolute Gasteiger partial charge is 0.347 e. The molecule has 0 unspecified atom stereocenters. The average Bonchev–Trinajstić information content (AvgIpc) is 3.02. The number of para-hydroxylation sites is 1. The molecule has 0 aliphatic rings. The van der Waals surface area contributed by atoms with E-state index in [2.05, 4.69) is 50.9 Å². The number of nitrogens with zero attached hydrogens (tertiary/aromatic N) is 1. The quantitative estimate of drug-likeness (QED) is 0.575. The van der Waals surface area contributed by atoms with Crippen LogP contribution < -0.4 is 4.74 Å². The van der Waals surface area contributed by atoms with Gasteiger partial charge in [0.2, 0.25) is 0 Å². The summed E-state index contributed by atoms with van der Waals surface area (Å²) in [5.41, 5.74) is 4.85. The topological polar surface area (TPSA) is 59.4 Å². The Balaban J connectivity index is 1.78. The first-order valence-corrected chi connectivity index (χ1v) is 10.0. The number of aryl methyl sites for hydroxylation is 2. The van der Waals surface area contributed by atoms with Crippen LogP contribution in [0.15, 0.2) is 42.5 Å². The fourth-order valence-electron chi connectivity index (χ4n) is 3.05. The number of benzene rings is 2. The Bertz CT molecular complexity index is 998. The zero-order chi connectivity index (χ0) is 20.5. The molecule has 0 saturated carbocycles. The second-order valence-corrected chi connectivity index (χ2v) is 8.92. The molecule has 1 heterocycles. The highest BCUT2D eigenvalue weighted by atomic mass is 32.1. The predicted molar refractivity (Wildman–Crippen MR) is 113 cm³/mol. The summed E-state index contributed by atoms with van der Waals surface area (Å²) < 4.78 is 6.19. The fourth-order valence-corrected chi connectivity index (χ4v) is 3.96. The van der Waals surface area contributed by atoms with Gasteiger partial charge in [0, 0.05) is 5.56 Å². The molecule has 0 fully saturated rings. The van der Waals surface area contributed by atoms with Gasteiger partial charge in [0.15, 0.2) is 0 Å². The van der Waals surface area contributed by atoms with Crippen LogP contribution >= 0.6 is 11.3 Å². The summed E-state index contributed by atoms with van der Waals surface area (Å²) in [6.07, 6.45) is 0. The lowest BCUT2D eigenvalue weighted by Gasteiger charge is -2.24. The van der Waals surface area contributed by atoms with E-state index in [1.54, 1.807) is 6.92 Å². The molecule has 3 rings (SSSR count). The first-order valence-electron chi connectivity index (χ1n) is 9.19. The maximum atomic E-state index is 11.2. The zero-order valence-electron chi connectivity index (χ0n) is 16.9. The number of aromatic carboxylic acids is 1. The summed E-state index contributed by atoms with van der Waals surface area (Å²) in [4.78, 5) is 15.9. The summed E-state index contributed by atoms with van der Waals surface area (Å²) in [5, 5.41) is 9.92. The van der Waals surface area contributed by atoms with E-state index >= 15 is 0 Å². The molecule has 1 N–H and O–H groups in total. The van der Waals surface area contributed by atoms with Crippen molar-refractivity contribution in [3.63, 3.8) is 0 Å². The Kier molecular flexibility index (Phi) is 5.57. The number of carboxylic acid groups (broad SMARTS) is 1. The minimum absolute atomic E-state index is 0.00968. The van der Waals surface area contributed by atoms with E-state index in [0.29, 0.717) is 12.3 Å². The van der Waals surface area contributed by atoms with Gasteiger partial charge in [0.25, 0.3) is 0 Å². The Labute approximate surface area is 169 Å². The van der Waals surface area contributed by atoms with Gasteiger partial charge in [0.1, 0.15) is 22.2 Å². The van der Waals surface area contributed by atoms with Gasteiger partial charge in [0.05, 0.1) is 5.69 Å². The molecule has 0 aliphatic heterocycles. The third-order valence-corrected chi connectivity index (χ3v) is 5.79. The van der Waals surface area contributed by atoms with E-state index < -0.39 is 5.97 Å². The van der Waals surface area contributed by atoms with Crippen molar-refractivity contribution in [2.24, 2.45) is 0 Å². The van der Waals surface area contributed by atoms with Gasteiger partial charge in [-0.05, 0) is 36.0 Å². The number of carbonyl (C=O) groups is 1. The van der Waals surface area contributed by atoms with Crippen LogP contribution in [0.5, 0.6) is 5.75 Å². The third kappa shape index (κ3) is 4.25. The lowest BCUT2D eigenvalue weighted by Crippen LogP contribution is -2.14. The van der Waals surface area contributed by atoms with Crippen molar-refractivity contribution in [1.82, 2.24) is 4.98 Å². The van der Waals surface area contributed by atoms with Gasteiger partial charge in [-0.15, -0.1) is 11.3 Å². The van der Waals surface area contributed by atoms with Gasteiger partial charge >= 0.3 is 5.97 Å². The number of ether oxygens (including phenoxy) is 1. The summed E-state index contributed by atoms with van der Waals surface area (Å²) in [5.74, 6) is 0.0138. The Morgan fingerprint density at radius 2 is 1.79 bits per heavy atom. The molecule has 0 aliphatic carbocycles. The van der Waals surface area contributed by atoms with Crippen LogP contribution in [0.3, 0.4) is 0 Å². The fraction of sp³-hybridized carbons (Fsp3) is 0.304. The van der Waals surface area contributed by atoms with E-state index in [1.165, 1.54) is 16.9 Å². The van der Waals surface area contributed by atoms with Crippen molar-refractivity contribution >= 4 is 17.3 Å². The molecule has 0 spiro atoms. The van der Waals surface area contributed by atoms with Crippen molar-refractivity contribution in [3.8, 4) is 16.3 Å². The molecular weight excluding hydrogens is 370 g/mol. The first-order chi connectivity index (χ1) is 13.2. The third-order valence-electron chi connectivity index (χ3n) is 4.59. The maximum Gasteiger partial charge on any atom is 0.347 e. The Morgan fingerprint density at radius 1 is 1.11 bits per heavy atom. The van der Waals surface area contributed by atoms with Gasteiger partial charge in [-0.1, -0.05) is 63.2 Å². The van der Waals surface area contributed by atoms with E-state index in [0.717, 1.165) is 27.4 Å². The monoisotopic (exact) mass is 395 g/mol. The van der Waals surface area contributed by atoms with Crippen LogP contribution in [-0.4, -0.2) is 16.1 Å². The Morgan fingerprint density at radius 3 is 2.36 bits per heavy atom. The largest absolute Gasteiger partial charge is 0.488 e. The van der Waals surface area contributed by atoms with Gasteiger partial charge < -0.3 is 9.84 Å². The number of aromatic nitrogens is 1.